The zero-order valence-corrected chi connectivity index (χ0v) is 11.2. The summed E-state index contributed by atoms with van der Waals surface area (Å²) in [6.07, 6.45) is 0. The van der Waals surface area contributed by atoms with Gasteiger partial charge in [0.2, 0.25) is 0 Å². The molecule has 1 aliphatic heterocycles. The lowest BCUT2D eigenvalue weighted by atomic mass is 10.1. The van der Waals surface area contributed by atoms with E-state index in [1.165, 1.54) is 0 Å². The minimum absolute atomic E-state index is 0.000732. The number of benzene rings is 1. The number of amides is 1. The third-order valence-electron chi connectivity index (χ3n) is 2.55. The van der Waals surface area contributed by atoms with Crippen molar-refractivity contribution in [3.05, 3.63) is 23.8 Å². The fourth-order valence-corrected chi connectivity index (χ4v) is 2.19. The van der Waals surface area contributed by atoms with E-state index in [0.717, 1.165) is 5.56 Å². The van der Waals surface area contributed by atoms with Gasteiger partial charge in [0.25, 0.3) is 5.91 Å². The van der Waals surface area contributed by atoms with Crippen molar-refractivity contribution >= 4 is 23.4 Å². The number of anilines is 1. The topological polar surface area (TPSA) is 50.4 Å². The first-order valence-electron chi connectivity index (χ1n) is 5.91. The number of thioether (sulfide) groups is 1. The van der Waals surface area contributed by atoms with Crippen LogP contribution < -0.4 is 15.4 Å². The van der Waals surface area contributed by atoms with Crippen LogP contribution in [-0.2, 0) is 11.3 Å². The molecule has 110 valence electrons. The predicted octanol–water partition coefficient (Wildman–Crippen LogP) is 2.36. The second-order valence-electron chi connectivity index (χ2n) is 4.14. The van der Waals surface area contributed by atoms with Gasteiger partial charge < -0.3 is 15.4 Å². The molecular weight excluding hydrogens is 293 g/mol. The van der Waals surface area contributed by atoms with E-state index in [1.54, 1.807) is 18.2 Å². The van der Waals surface area contributed by atoms with Crippen LogP contribution >= 0.6 is 11.8 Å². The number of alkyl halides is 3. The fraction of sp³-hybridized carbons (Fsp3) is 0.417. The molecule has 20 heavy (non-hydrogen) atoms. The molecule has 0 radical (unpaired) electrons. The summed E-state index contributed by atoms with van der Waals surface area (Å²) >= 11 is -0.0476. The monoisotopic (exact) mass is 306 g/mol. The summed E-state index contributed by atoms with van der Waals surface area (Å²) < 4.78 is 40.9. The lowest BCUT2D eigenvalue weighted by molar-refractivity contribution is -0.118. The van der Waals surface area contributed by atoms with Crippen LogP contribution in [0.5, 0.6) is 5.75 Å². The number of carbonyl (C=O) groups excluding carboxylic acids is 1. The highest BCUT2D eigenvalue weighted by Crippen LogP contribution is 2.30. The molecule has 1 aliphatic rings. The van der Waals surface area contributed by atoms with Gasteiger partial charge in [0.15, 0.2) is 6.61 Å². The Labute approximate surface area is 118 Å². The summed E-state index contributed by atoms with van der Waals surface area (Å²) in [6, 6.07) is 5.28. The minimum Gasteiger partial charge on any atom is -0.482 e. The Morgan fingerprint density at radius 2 is 2.20 bits per heavy atom. The summed E-state index contributed by atoms with van der Waals surface area (Å²) in [4.78, 5) is 11.2. The quantitative estimate of drug-likeness (QED) is 0.820. The molecule has 1 aromatic rings. The number of fused-ring (bicyclic) bond motifs is 1. The van der Waals surface area contributed by atoms with Gasteiger partial charge in [0.1, 0.15) is 5.75 Å². The van der Waals surface area contributed by atoms with Crippen LogP contribution in [0.2, 0.25) is 0 Å². The van der Waals surface area contributed by atoms with E-state index in [1.807, 2.05) is 0 Å². The van der Waals surface area contributed by atoms with E-state index < -0.39 is 5.51 Å². The third-order valence-corrected chi connectivity index (χ3v) is 3.29. The normalized spacial score (nSPS) is 14.4. The number of halogens is 3. The smallest absolute Gasteiger partial charge is 0.441 e. The minimum atomic E-state index is -4.19. The first-order chi connectivity index (χ1) is 9.44. The molecule has 0 spiro atoms. The molecule has 0 bridgehead atoms. The standard InChI is InChI=1S/C12H13F3N2O2S/c13-12(14,15)20-4-3-16-6-8-1-2-10-9(5-8)17-11(18)7-19-10/h1-2,5,16H,3-4,6-7H2,(H,17,18). The molecule has 2 rings (SSSR count). The maximum atomic E-state index is 11.9. The molecule has 0 atom stereocenters. The molecule has 1 amide bonds. The molecule has 0 aromatic heterocycles. The van der Waals surface area contributed by atoms with Crippen molar-refractivity contribution in [2.45, 2.75) is 12.1 Å². The number of carbonyl (C=O) groups is 1. The Kier molecular flexibility index (Phi) is 4.77. The summed E-state index contributed by atoms with van der Waals surface area (Å²) in [5.74, 6) is 0.346. The number of hydrogen-bond acceptors (Lipinski definition) is 4. The van der Waals surface area contributed by atoms with Crippen molar-refractivity contribution in [1.82, 2.24) is 5.32 Å². The average molecular weight is 306 g/mol. The molecule has 1 heterocycles. The van der Waals surface area contributed by atoms with Crippen LogP contribution in [0.25, 0.3) is 0 Å². The van der Waals surface area contributed by atoms with E-state index in [4.69, 9.17) is 4.74 Å². The van der Waals surface area contributed by atoms with Crippen molar-refractivity contribution in [1.29, 1.82) is 0 Å². The van der Waals surface area contributed by atoms with E-state index in [9.17, 15) is 18.0 Å². The number of rotatable bonds is 5. The molecule has 4 nitrogen and oxygen atoms in total. The summed E-state index contributed by atoms with van der Waals surface area (Å²) in [5, 5.41) is 5.60. The zero-order valence-electron chi connectivity index (χ0n) is 10.4. The summed E-state index contributed by atoms with van der Waals surface area (Å²) in [7, 11) is 0. The van der Waals surface area contributed by atoms with Crippen LogP contribution in [0.3, 0.4) is 0 Å². The van der Waals surface area contributed by atoms with Gasteiger partial charge in [-0.1, -0.05) is 6.07 Å². The molecule has 1 aromatic carbocycles. The third kappa shape index (κ3) is 4.61. The molecular formula is C12H13F3N2O2S. The van der Waals surface area contributed by atoms with Crippen LogP contribution in [0.1, 0.15) is 5.56 Å². The van der Waals surface area contributed by atoms with Crippen molar-refractivity contribution in [2.24, 2.45) is 0 Å². The van der Waals surface area contributed by atoms with Crippen molar-refractivity contribution in [3.63, 3.8) is 0 Å². The Hall–Kier alpha value is -1.41. The second kappa shape index (κ2) is 6.36. The molecule has 0 saturated carbocycles. The van der Waals surface area contributed by atoms with Gasteiger partial charge in [-0.3, -0.25) is 4.79 Å². The van der Waals surface area contributed by atoms with Gasteiger partial charge in [0, 0.05) is 18.8 Å². The van der Waals surface area contributed by atoms with Gasteiger partial charge in [-0.15, -0.1) is 0 Å². The SMILES string of the molecule is O=C1COc2ccc(CNCCSC(F)(F)F)cc2N1. The van der Waals surface area contributed by atoms with E-state index in [-0.39, 0.29) is 36.6 Å². The van der Waals surface area contributed by atoms with Gasteiger partial charge in [0.05, 0.1) is 5.69 Å². The highest BCUT2D eigenvalue weighted by atomic mass is 32.2. The van der Waals surface area contributed by atoms with Crippen molar-refractivity contribution in [2.75, 3.05) is 24.2 Å². The second-order valence-corrected chi connectivity index (χ2v) is 5.30. The highest BCUT2D eigenvalue weighted by molar-refractivity contribution is 8.00. The summed E-state index contributed by atoms with van der Waals surface area (Å²) in [6.45, 7) is 0.685. The van der Waals surface area contributed by atoms with Gasteiger partial charge >= 0.3 is 5.51 Å². The van der Waals surface area contributed by atoms with Crippen LogP contribution in [-0.4, -0.2) is 30.3 Å². The Morgan fingerprint density at radius 3 is 2.95 bits per heavy atom. The maximum Gasteiger partial charge on any atom is 0.441 e. The molecule has 0 aliphatic carbocycles. The lowest BCUT2D eigenvalue weighted by Gasteiger charge is -2.18. The largest absolute Gasteiger partial charge is 0.482 e. The first kappa shape index (κ1) is 15.0. The van der Waals surface area contributed by atoms with Gasteiger partial charge in [-0.2, -0.15) is 13.2 Å². The number of hydrogen-bond donors (Lipinski definition) is 2. The van der Waals surface area contributed by atoms with Gasteiger partial charge in [-0.25, -0.2) is 0 Å². The molecule has 8 heteroatoms. The highest BCUT2D eigenvalue weighted by Gasteiger charge is 2.27. The Bertz CT molecular complexity index is 494. The lowest BCUT2D eigenvalue weighted by Crippen LogP contribution is -2.25. The molecule has 2 N–H and O–H groups in total. The first-order valence-corrected chi connectivity index (χ1v) is 6.89. The number of ether oxygens (including phenoxy) is 1. The molecule has 0 saturated heterocycles. The van der Waals surface area contributed by atoms with Gasteiger partial charge in [-0.05, 0) is 29.5 Å². The maximum absolute atomic E-state index is 11.9. The Morgan fingerprint density at radius 1 is 1.40 bits per heavy atom. The fourth-order valence-electron chi connectivity index (χ4n) is 1.71. The van der Waals surface area contributed by atoms with Crippen LogP contribution in [0, 0.1) is 0 Å². The Balaban J connectivity index is 1.79. The van der Waals surface area contributed by atoms with E-state index in [2.05, 4.69) is 10.6 Å². The van der Waals surface area contributed by atoms with Crippen LogP contribution in [0.15, 0.2) is 18.2 Å². The van der Waals surface area contributed by atoms with Crippen molar-refractivity contribution in [3.8, 4) is 5.75 Å². The van der Waals surface area contributed by atoms with E-state index >= 15 is 0 Å². The molecule has 0 unspecified atom stereocenters. The summed E-state index contributed by atoms with van der Waals surface area (Å²) in [5.41, 5.74) is -2.73. The van der Waals surface area contributed by atoms with Crippen molar-refractivity contribution < 1.29 is 22.7 Å². The van der Waals surface area contributed by atoms with Crippen LogP contribution in [0.4, 0.5) is 18.9 Å². The average Bonchev–Trinajstić information content (AvgIpc) is 2.36. The van der Waals surface area contributed by atoms with E-state index in [0.29, 0.717) is 18.0 Å². The predicted molar refractivity (Wildman–Crippen MR) is 70.8 cm³/mol. The zero-order chi connectivity index (χ0) is 14.6. The molecule has 0 fully saturated rings. The number of nitrogens with one attached hydrogen (secondary N) is 2.